The van der Waals surface area contributed by atoms with Gasteiger partial charge >= 0.3 is 12.1 Å². The molecule has 1 amide bonds. The van der Waals surface area contributed by atoms with Crippen molar-refractivity contribution in [3.8, 4) is 34.3 Å². The zero-order valence-corrected chi connectivity index (χ0v) is 18.5. The van der Waals surface area contributed by atoms with Gasteiger partial charge in [0.1, 0.15) is 11.5 Å². The highest BCUT2D eigenvalue weighted by Crippen LogP contribution is 2.40. The number of carboxylic acid groups (broad SMARTS) is 1. The van der Waals surface area contributed by atoms with E-state index in [0.29, 0.717) is 11.3 Å². The molecule has 8 nitrogen and oxygen atoms in total. The van der Waals surface area contributed by atoms with Crippen molar-refractivity contribution in [1.82, 2.24) is 10.1 Å². The van der Waals surface area contributed by atoms with Crippen LogP contribution in [0.15, 0.2) is 77.3 Å². The molecule has 0 saturated heterocycles. The number of carbonyl (C=O) groups is 2. The molecule has 3 aromatic carbocycles. The van der Waals surface area contributed by atoms with Crippen molar-refractivity contribution >= 4 is 17.6 Å². The molecule has 0 unspecified atom stereocenters. The van der Waals surface area contributed by atoms with Gasteiger partial charge in [0.15, 0.2) is 0 Å². The number of benzene rings is 3. The standard InChI is InChI=1S/C25H18F3N3O5/c26-25(27,28)19-14-16(8-11-20(19)35-18-4-2-1-3-5-18)24-30-23(31-36-24)15-6-9-17(10-7-15)29-21(32)12-13-22(33)34/h1-11,14H,12-13H2,(H,29,32)(H,33,34). The minimum absolute atomic E-state index is 0.0591. The van der Waals surface area contributed by atoms with Crippen molar-refractivity contribution < 1.29 is 37.1 Å². The summed E-state index contributed by atoms with van der Waals surface area (Å²) in [6.45, 7) is 0. The maximum Gasteiger partial charge on any atom is 0.420 e. The van der Waals surface area contributed by atoms with Gasteiger partial charge in [-0.05, 0) is 54.6 Å². The number of para-hydroxylation sites is 1. The quantitative estimate of drug-likeness (QED) is 0.306. The third-order valence-electron chi connectivity index (χ3n) is 4.92. The minimum atomic E-state index is -4.69. The van der Waals surface area contributed by atoms with Crippen molar-refractivity contribution in [2.75, 3.05) is 5.32 Å². The highest BCUT2D eigenvalue weighted by Gasteiger charge is 2.35. The molecule has 184 valence electrons. The molecule has 0 aliphatic heterocycles. The fraction of sp³-hybridized carbons (Fsp3) is 0.120. The Hall–Kier alpha value is -4.67. The molecule has 4 aromatic rings. The molecule has 0 atom stereocenters. The van der Waals surface area contributed by atoms with Gasteiger partial charge < -0.3 is 19.7 Å². The normalized spacial score (nSPS) is 11.2. The molecule has 2 N–H and O–H groups in total. The first-order valence-electron chi connectivity index (χ1n) is 10.6. The fourth-order valence-corrected chi connectivity index (χ4v) is 3.19. The van der Waals surface area contributed by atoms with E-state index in [4.69, 9.17) is 14.4 Å². The smallest absolute Gasteiger partial charge is 0.420 e. The summed E-state index contributed by atoms with van der Waals surface area (Å²) in [5.41, 5.74) is -0.00862. The Kier molecular flexibility index (Phi) is 7.00. The van der Waals surface area contributed by atoms with Gasteiger partial charge in [-0.2, -0.15) is 18.2 Å². The first-order valence-corrected chi connectivity index (χ1v) is 10.6. The summed E-state index contributed by atoms with van der Waals surface area (Å²) in [5, 5.41) is 15.0. The molecule has 0 spiro atoms. The Morgan fingerprint density at radius 3 is 2.31 bits per heavy atom. The molecule has 1 aromatic heterocycles. The van der Waals surface area contributed by atoms with Gasteiger partial charge in [-0.3, -0.25) is 9.59 Å². The predicted octanol–water partition coefficient (Wildman–Crippen LogP) is 6.02. The number of aliphatic carboxylic acids is 1. The average Bonchev–Trinajstić information content (AvgIpc) is 3.34. The number of alkyl halides is 3. The van der Waals surface area contributed by atoms with E-state index in [2.05, 4.69) is 15.5 Å². The van der Waals surface area contributed by atoms with Crippen LogP contribution in [0.5, 0.6) is 11.5 Å². The number of anilines is 1. The fourth-order valence-electron chi connectivity index (χ4n) is 3.19. The summed E-state index contributed by atoms with van der Waals surface area (Å²) >= 11 is 0. The summed E-state index contributed by atoms with van der Waals surface area (Å²) in [6.07, 6.45) is -5.14. The summed E-state index contributed by atoms with van der Waals surface area (Å²) in [6, 6.07) is 17.9. The Bertz CT molecular complexity index is 1370. The van der Waals surface area contributed by atoms with E-state index in [1.54, 1.807) is 54.6 Å². The van der Waals surface area contributed by atoms with E-state index in [9.17, 15) is 22.8 Å². The lowest BCUT2D eigenvalue weighted by atomic mass is 10.1. The van der Waals surface area contributed by atoms with E-state index in [1.807, 2.05) is 0 Å². The predicted molar refractivity (Wildman–Crippen MR) is 122 cm³/mol. The second kappa shape index (κ2) is 10.3. The third kappa shape index (κ3) is 6.06. The first-order chi connectivity index (χ1) is 17.2. The van der Waals surface area contributed by atoms with Gasteiger partial charge in [-0.1, -0.05) is 23.4 Å². The number of carbonyl (C=O) groups excluding carboxylic acids is 1. The zero-order chi connectivity index (χ0) is 25.7. The maximum atomic E-state index is 13.7. The van der Waals surface area contributed by atoms with Crippen LogP contribution >= 0.6 is 0 Å². The van der Waals surface area contributed by atoms with Gasteiger partial charge in [0.25, 0.3) is 5.89 Å². The van der Waals surface area contributed by atoms with Crippen molar-refractivity contribution in [2.24, 2.45) is 0 Å². The van der Waals surface area contributed by atoms with Gasteiger partial charge in [-0.15, -0.1) is 0 Å². The van der Waals surface area contributed by atoms with Crippen molar-refractivity contribution in [3.05, 3.63) is 78.4 Å². The van der Waals surface area contributed by atoms with Crippen molar-refractivity contribution in [2.45, 2.75) is 19.0 Å². The number of nitrogens with zero attached hydrogens (tertiary/aromatic N) is 2. The summed E-state index contributed by atoms with van der Waals surface area (Å²) in [5.74, 6) is -1.61. The number of aromatic nitrogens is 2. The number of amides is 1. The third-order valence-corrected chi connectivity index (χ3v) is 4.92. The second-order valence-electron chi connectivity index (χ2n) is 7.57. The Balaban J connectivity index is 1.52. The van der Waals surface area contributed by atoms with Crippen LogP contribution in [-0.4, -0.2) is 27.1 Å². The Morgan fingerprint density at radius 2 is 1.64 bits per heavy atom. The number of hydrogen-bond acceptors (Lipinski definition) is 6. The lowest BCUT2D eigenvalue weighted by Crippen LogP contribution is -2.13. The summed E-state index contributed by atoms with van der Waals surface area (Å²) < 4.78 is 51.8. The highest BCUT2D eigenvalue weighted by molar-refractivity contribution is 5.92. The average molecular weight is 497 g/mol. The molecule has 0 saturated carbocycles. The van der Waals surface area contributed by atoms with Crippen molar-refractivity contribution in [3.63, 3.8) is 0 Å². The van der Waals surface area contributed by atoms with Crippen LogP contribution in [0, 0.1) is 0 Å². The van der Waals surface area contributed by atoms with Gasteiger partial charge in [0, 0.05) is 23.2 Å². The Labute approximate surface area is 202 Å². The second-order valence-corrected chi connectivity index (χ2v) is 7.57. The molecule has 4 rings (SSSR count). The molecule has 11 heteroatoms. The largest absolute Gasteiger partial charge is 0.481 e. The highest BCUT2D eigenvalue weighted by atomic mass is 19.4. The maximum absolute atomic E-state index is 13.7. The van der Waals surface area contributed by atoms with Gasteiger partial charge in [0.2, 0.25) is 11.7 Å². The van der Waals surface area contributed by atoms with E-state index in [1.165, 1.54) is 12.1 Å². The molecule has 36 heavy (non-hydrogen) atoms. The van der Waals surface area contributed by atoms with Crippen molar-refractivity contribution in [1.29, 1.82) is 0 Å². The first kappa shape index (κ1) is 24.5. The number of nitrogens with one attached hydrogen (secondary N) is 1. The SMILES string of the molecule is O=C(O)CCC(=O)Nc1ccc(-c2noc(-c3ccc(Oc4ccccc4)c(C(F)(F)F)c3)n2)cc1. The number of rotatable bonds is 8. The van der Waals surface area contributed by atoms with E-state index >= 15 is 0 Å². The molecular formula is C25H18F3N3O5. The van der Waals surface area contributed by atoms with Crippen LogP contribution in [0.25, 0.3) is 22.8 Å². The monoisotopic (exact) mass is 497 g/mol. The lowest BCUT2D eigenvalue weighted by Gasteiger charge is -2.14. The summed E-state index contributed by atoms with van der Waals surface area (Å²) in [4.78, 5) is 26.5. The zero-order valence-electron chi connectivity index (χ0n) is 18.5. The van der Waals surface area contributed by atoms with Crippen LogP contribution in [0.3, 0.4) is 0 Å². The topological polar surface area (TPSA) is 115 Å². The van der Waals surface area contributed by atoms with Crippen LogP contribution in [0.4, 0.5) is 18.9 Å². The molecule has 0 fully saturated rings. The van der Waals surface area contributed by atoms with E-state index in [0.717, 1.165) is 6.07 Å². The van der Waals surface area contributed by atoms with Crippen LogP contribution in [-0.2, 0) is 15.8 Å². The number of carboxylic acids is 1. The molecule has 0 aliphatic rings. The lowest BCUT2D eigenvalue weighted by molar-refractivity contribution is -0.139. The molecule has 0 aliphatic carbocycles. The van der Waals surface area contributed by atoms with Crippen LogP contribution in [0.1, 0.15) is 18.4 Å². The van der Waals surface area contributed by atoms with E-state index < -0.39 is 23.6 Å². The van der Waals surface area contributed by atoms with Gasteiger partial charge in [0.05, 0.1) is 12.0 Å². The molecule has 0 radical (unpaired) electrons. The molecular weight excluding hydrogens is 479 g/mol. The van der Waals surface area contributed by atoms with Gasteiger partial charge in [-0.25, -0.2) is 0 Å². The van der Waals surface area contributed by atoms with Crippen LogP contribution < -0.4 is 10.1 Å². The Morgan fingerprint density at radius 1 is 0.944 bits per heavy atom. The summed E-state index contributed by atoms with van der Waals surface area (Å²) in [7, 11) is 0. The number of halogens is 3. The number of hydrogen-bond donors (Lipinski definition) is 2. The van der Waals surface area contributed by atoms with Crippen LogP contribution in [0.2, 0.25) is 0 Å². The molecule has 1 heterocycles. The minimum Gasteiger partial charge on any atom is -0.481 e. The number of ether oxygens (including phenoxy) is 1. The van der Waals surface area contributed by atoms with E-state index in [-0.39, 0.29) is 41.6 Å². The molecule has 0 bridgehead atoms.